The molecule has 2 aromatic carbocycles. The van der Waals surface area contributed by atoms with E-state index in [1.807, 2.05) is 72.8 Å². The van der Waals surface area contributed by atoms with Crippen LogP contribution in [0.4, 0.5) is 0 Å². The molecule has 1 aliphatic rings. The Balaban J connectivity index is 1.46. The van der Waals surface area contributed by atoms with Gasteiger partial charge in [0.15, 0.2) is 11.2 Å². The Morgan fingerprint density at radius 3 is 1.22 bits per heavy atom. The minimum Gasteiger partial charge on any atom is -0.493 e. The van der Waals surface area contributed by atoms with Crippen molar-refractivity contribution in [1.82, 2.24) is 9.97 Å². The van der Waals surface area contributed by atoms with Gasteiger partial charge in [-0.25, -0.2) is 9.97 Å². The average molecular weight is 951 g/mol. The van der Waals surface area contributed by atoms with Crippen LogP contribution in [0.2, 0.25) is 0 Å². The molecule has 4 aromatic rings. The maximum atomic E-state index is 6.47. The first-order valence-corrected chi connectivity index (χ1v) is 21.5. The largest absolute Gasteiger partial charge is 0.493 e. The Morgan fingerprint density at radius 1 is 0.519 bits per heavy atom. The standard InChI is InChI=1S/C46H52I2N2O4/c1-5-7-9-11-13-19-29-53-37-31-35(49-43(47)33-37)25-27-45(51-3)39-21-15-17-23-41(39)46(52-4,42-24-18-16-22-40(42)45)28-26-36-32-38(34-44(48)50-36)54-30-20-14-12-10-8-6-2/h15-18,21-24,31-34H,5-14,19-20,29-30H2,1-4H3. The number of nitrogens with zero attached hydrogens (tertiary/aromatic N) is 2. The maximum Gasteiger partial charge on any atom is 0.180 e. The molecule has 8 heteroatoms. The highest BCUT2D eigenvalue weighted by Gasteiger charge is 2.50. The fourth-order valence-electron chi connectivity index (χ4n) is 6.99. The molecule has 0 N–H and O–H groups in total. The van der Waals surface area contributed by atoms with E-state index in [4.69, 9.17) is 28.9 Å². The molecule has 0 fully saturated rings. The van der Waals surface area contributed by atoms with Gasteiger partial charge in [0.05, 0.1) is 13.2 Å². The zero-order valence-corrected chi connectivity index (χ0v) is 36.4. The monoisotopic (exact) mass is 950 g/mol. The molecule has 5 rings (SSSR count). The van der Waals surface area contributed by atoms with Gasteiger partial charge in [-0.3, -0.25) is 0 Å². The summed E-state index contributed by atoms with van der Waals surface area (Å²) in [6, 6.07) is 24.0. The fourth-order valence-corrected chi connectivity index (χ4v) is 8.12. The molecule has 0 spiro atoms. The highest BCUT2D eigenvalue weighted by Crippen LogP contribution is 2.50. The van der Waals surface area contributed by atoms with Crippen molar-refractivity contribution in [3.63, 3.8) is 0 Å². The van der Waals surface area contributed by atoms with Crippen LogP contribution >= 0.6 is 45.2 Å². The summed E-state index contributed by atoms with van der Waals surface area (Å²) in [5.74, 6) is 15.3. The first-order chi connectivity index (χ1) is 26.4. The third-order valence-corrected chi connectivity index (χ3v) is 10.9. The lowest BCUT2D eigenvalue weighted by Gasteiger charge is -2.43. The number of halogens is 2. The molecule has 284 valence electrons. The average Bonchev–Trinajstić information content (AvgIpc) is 3.18. The molecule has 54 heavy (non-hydrogen) atoms. The van der Waals surface area contributed by atoms with Gasteiger partial charge in [0.25, 0.3) is 0 Å². The molecule has 0 bridgehead atoms. The SMILES string of the molecule is CCCCCCCCOc1cc(I)nc(C#CC2(OC)c3ccccc3C(C#Cc3cc(OCCCCCCCC)cc(I)n3)(OC)c3ccccc32)c1. The number of unbranched alkanes of at least 4 members (excludes halogenated alkanes) is 10. The van der Waals surface area contributed by atoms with E-state index in [1.165, 1.54) is 64.2 Å². The molecule has 0 saturated carbocycles. The molecular weight excluding hydrogens is 898 g/mol. The highest BCUT2D eigenvalue weighted by molar-refractivity contribution is 14.1. The predicted molar refractivity (Wildman–Crippen MR) is 234 cm³/mol. The lowest BCUT2D eigenvalue weighted by atomic mass is 9.67. The highest BCUT2D eigenvalue weighted by atomic mass is 127. The second kappa shape index (κ2) is 21.2. The van der Waals surface area contributed by atoms with Gasteiger partial charge in [0.2, 0.25) is 0 Å². The summed E-state index contributed by atoms with van der Waals surface area (Å²) in [5, 5.41) is 0. The van der Waals surface area contributed by atoms with Gasteiger partial charge in [0, 0.05) is 60.7 Å². The predicted octanol–water partition coefficient (Wildman–Crippen LogP) is 11.4. The van der Waals surface area contributed by atoms with Crippen LogP contribution in [-0.2, 0) is 20.7 Å². The molecule has 6 nitrogen and oxygen atoms in total. The van der Waals surface area contributed by atoms with Crippen molar-refractivity contribution >= 4 is 45.2 Å². The van der Waals surface area contributed by atoms with Crippen LogP contribution < -0.4 is 9.47 Å². The number of aromatic nitrogens is 2. The molecule has 1 aliphatic carbocycles. The summed E-state index contributed by atoms with van der Waals surface area (Å²) in [6.45, 7) is 5.83. The summed E-state index contributed by atoms with van der Waals surface area (Å²) >= 11 is 4.45. The topological polar surface area (TPSA) is 62.7 Å². The summed E-state index contributed by atoms with van der Waals surface area (Å²) < 4.78 is 26.9. The number of hydrogen-bond acceptors (Lipinski definition) is 6. The maximum absolute atomic E-state index is 6.47. The first kappa shape index (κ1) is 42.0. The quantitative estimate of drug-likeness (QED) is 0.0429. The molecule has 0 unspecified atom stereocenters. The summed E-state index contributed by atoms with van der Waals surface area (Å²) in [4.78, 5) is 9.49. The molecular formula is C46H52I2N2O4. The molecule has 0 radical (unpaired) electrons. The molecule has 0 atom stereocenters. The number of methoxy groups -OCH3 is 2. The van der Waals surface area contributed by atoms with Crippen molar-refractivity contribution in [3.05, 3.63) is 114 Å². The van der Waals surface area contributed by atoms with Gasteiger partial charge in [-0.05, 0) is 69.9 Å². The van der Waals surface area contributed by atoms with Crippen molar-refractivity contribution in [3.8, 4) is 35.2 Å². The smallest absolute Gasteiger partial charge is 0.180 e. The van der Waals surface area contributed by atoms with Crippen LogP contribution in [0.25, 0.3) is 0 Å². The number of ether oxygens (including phenoxy) is 4. The molecule has 0 aliphatic heterocycles. The molecule has 2 aromatic heterocycles. The van der Waals surface area contributed by atoms with E-state index in [9.17, 15) is 0 Å². The van der Waals surface area contributed by atoms with Crippen LogP contribution in [-0.4, -0.2) is 37.4 Å². The summed E-state index contributed by atoms with van der Waals surface area (Å²) in [6.07, 6.45) is 14.6. The lowest BCUT2D eigenvalue weighted by molar-refractivity contribution is 0.0330. The van der Waals surface area contributed by atoms with Crippen LogP contribution in [0.3, 0.4) is 0 Å². The van der Waals surface area contributed by atoms with E-state index in [1.54, 1.807) is 14.2 Å². The lowest BCUT2D eigenvalue weighted by Crippen LogP contribution is -2.43. The molecule has 0 amide bonds. The Hall–Kier alpha value is -3.16. The van der Waals surface area contributed by atoms with Crippen LogP contribution in [0.15, 0.2) is 72.8 Å². The number of pyridine rings is 2. The van der Waals surface area contributed by atoms with E-state index in [-0.39, 0.29) is 0 Å². The zero-order valence-electron chi connectivity index (χ0n) is 32.1. The van der Waals surface area contributed by atoms with Crippen LogP contribution in [0, 0.1) is 31.1 Å². The van der Waals surface area contributed by atoms with Crippen molar-refractivity contribution in [2.45, 2.75) is 102 Å². The number of rotatable bonds is 18. The number of benzene rings is 2. The third kappa shape index (κ3) is 10.6. The Bertz CT molecular complexity index is 1770. The minimum absolute atomic E-state index is 0.619. The van der Waals surface area contributed by atoms with Crippen molar-refractivity contribution < 1.29 is 18.9 Å². The molecule has 0 saturated heterocycles. The van der Waals surface area contributed by atoms with Crippen molar-refractivity contribution in [2.24, 2.45) is 0 Å². The second-order valence-electron chi connectivity index (χ2n) is 13.6. The second-order valence-corrected chi connectivity index (χ2v) is 15.8. The third-order valence-electron chi connectivity index (χ3n) is 9.79. The van der Waals surface area contributed by atoms with Crippen LogP contribution in [0.1, 0.15) is 125 Å². The van der Waals surface area contributed by atoms with Gasteiger partial charge in [0.1, 0.15) is 30.3 Å². The van der Waals surface area contributed by atoms with Gasteiger partial charge in [-0.1, -0.05) is 138 Å². The van der Waals surface area contributed by atoms with Gasteiger partial charge in [-0.2, -0.15) is 0 Å². The summed E-state index contributed by atoms with van der Waals surface area (Å²) in [5.41, 5.74) is 2.45. The van der Waals surface area contributed by atoms with Gasteiger partial charge in [-0.15, -0.1) is 0 Å². The zero-order chi connectivity index (χ0) is 38.2. The Kier molecular flexibility index (Phi) is 16.5. The van der Waals surface area contributed by atoms with Crippen LogP contribution in [0.5, 0.6) is 11.5 Å². The Labute approximate surface area is 350 Å². The molecule has 2 heterocycles. The number of hydrogen-bond donors (Lipinski definition) is 0. The van der Waals surface area contributed by atoms with E-state index in [0.717, 1.165) is 54.0 Å². The van der Waals surface area contributed by atoms with Crippen molar-refractivity contribution in [2.75, 3.05) is 27.4 Å². The van der Waals surface area contributed by atoms with Crippen molar-refractivity contribution in [1.29, 1.82) is 0 Å². The minimum atomic E-state index is -1.11. The number of fused-ring (bicyclic) bond motifs is 2. The summed E-state index contributed by atoms with van der Waals surface area (Å²) in [7, 11) is 3.40. The van der Waals surface area contributed by atoms with E-state index >= 15 is 0 Å². The van der Waals surface area contributed by atoms with E-state index < -0.39 is 11.2 Å². The normalized spacial score (nSPS) is 17.0. The Morgan fingerprint density at radius 2 is 0.870 bits per heavy atom. The van der Waals surface area contributed by atoms with Gasteiger partial charge >= 0.3 is 0 Å². The van der Waals surface area contributed by atoms with E-state index in [2.05, 4.69) is 82.7 Å². The fraction of sp³-hybridized carbons (Fsp3) is 0.435. The van der Waals surface area contributed by atoms with E-state index in [0.29, 0.717) is 24.6 Å². The van der Waals surface area contributed by atoms with Gasteiger partial charge < -0.3 is 18.9 Å². The first-order valence-electron chi connectivity index (χ1n) is 19.4.